The fourth-order valence-corrected chi connectivity index (χ4v) is 2.67. The second kappa shape index (κ2) is 5.85. The van der Waals surface area contributed by atoms with E-state index < -0.39 is 0 Å². The highest BCUT2D eigenvalue weighted by atomic mass is 32.1. The van der Waals surface area contributed by atoms with Gasteiger partial charge in [-0.3, -0.25) is 0 Å². The van der Waals surface area contributed by atoms with E-state index in [1.165, 1.54) is 17.0 Å². The Hall–Kier alpha value is -1.86. The van der Waals surface area contributed by atoms with Crippen LogP contribution in [0.3, 0.4) is 0 Å². The molecule has 0 aliphatic heterocycles. The Morgan fingerprint density at radius 3 is 2.74 bits per heavy atom. The summed E-state index contributed by atoms with van der Waals surface area (Å²) >= 11 is 1.68. The molecule has 19 heavy (non-hydrogen) atoms. The quantitative estimate of drug-likeness (QED) is 0.836. The number of nitriles is 1. The highest BCUT2D eigenvalue weighted by Gasteiger charge is 2.16. The molecule has 0 saturated carbocycles. The summed E-state index contributed by atoms with van der Waals surface area (Å²) in [5, 5.41) is 11.2. The summed E-state index contributed by atoms with van der Waals surface area (Å²) in [7, 11) is 0. The number of benzene rings is 1. The Morgan fingerprint density at radius 2 is 2.16 bits per heavy atom. The molecule has 0 radical (unpaired) electrons. The molecule has 4 heteroatoms. The summed E-state index contributed by atoms with van der Waals surface area (Å²) in [5.41, 5.74) is 1.16. The van der Waals surface area contributed by atoms with Gasteiger partial charge < -0.3 is 4.90 Å². The predicted octanol–water partition coefficient (Wildman–Crippen LogP) is 4.17. The Kier molecular flexibility index (Phi) is 4.18. The normalized spacial score (nSPS) is 10.5. The lowest BCUT2D eigenvalue weighted by Crippen LogP contribution is -2.30. The summed E-state index contributed by atoms with van der Waals surface area (Å²) in [6.45, 7) is 4.87. The molecule has 1 aromatic carbocycles. The van der Waals surface area contributed by atoms with Crippen LogP contribution >= 0.6 is 11.3 Å². The van der Waals surface area contributed by atoms with Crippen molar-refractivity contribution >= 4 is 17.0 Å². The van der Waals surface area contributed by atoms with E-state index in [0.717, 1.165) is 12.2 Å². The van der Waals surface area contributed by atoms with E-state index in [9.17, 15) is 4.39 Å². The van der Waals surface area contributed by atoms with Crippen molar-refractivity contribution in [1.29, 1.82) is 5.26 Å². The average Bonchev–Trinajstić information content (AvgIpc) is 2.89. The maximum Gasteiger partial charge on any atom is 0.124 e. The van der Waals surface area contributed by atoms with Crippen LogP contribution in [0.5, 0.6) is 0 Å². The van der Waals surface area contributed by atoms with Gasteiger partial charge in [-0.25, -0.2) is 4.39 Å². The number of halogens is 1. The third kappa shape index (κ3) is 3.12. The van der Waals surface area contributed by atoms with Crippen molar-refractivity contribution in [3.8, 4) is 6.07 Å². The lowest BCUT2D eigenvalue weighted by Gasteiger charge is -2.29. The molecule has 0 spiro atoms. The van der Waals surface area contributed by atoms with Crippen LogP contribution < -0.4 is 4.90 Å². The molecule has 0 unspecified atom stereocenters. The molecule has 2 aromatic rings. The van der Waals surface area contributed by atoms with Crippen LogP contribution in [0, 0.1) is 17.1 Å². The monoisotopic (exact) mass is 274 g/mol. The van der Waals surface area contributed by atoms with Crippen LogP contribution in [-0.2, 0) is 6.54 Å². The summed E-state index contributed by atoms with van der Waals surface area (Å²) in [5.74, 6) is -0.375. The van der Waals surface area contributed by atoms with Gasteiger partial charge in [-0.1, -0.05) is 6.07 Å². The van der Waals surface area contributed by atoms with Crippen molar-refractivity contribution in [2.24, 2.45) is 0 Å². The molecule has 2 rings (SSSR count). The van der Waals surface area contributed by atoms with Crippen LogP contribution in [0.2, 0.25) is 0 Å². The molecule has 1 aromatic heterocycles. The third-order valence-electron chi connectivity index (χ3n) is 2.92. The highest BCUT2D eigenvalue weighted by molar-refractivity contribution is 7.09. The van der Waals surface area contributed by atoms with E-state index in [1.54, 1.807) is 17.4 Å². The first-order chi connectivity index (χ1) is 9.11. The summed E-state index contributed by atoms with van der Waals surface area (Å²) in [6.07, 6.45) is 0. The van der Waals surface area contributed by atoms with Crippen molar-refractivity contribution in [2.75, 3.05) is 4.90 Å². The van der Waals surface area contributed by atoms with Gasteiger partial charge in [0.25, 0.3) is 0 Å². The molecule has 0 atom stereocenters. The Balaban J connectivity index is 2.37. The van der Waals surface area contributed by atoms with Gasteiger partial charge in [0.05, 0.1) is 17.8 Å². The van der Waals surface area contributed by atoms with Crippen LogP contribution in [0.1, 0.15) is 24.3 Å². The number of rotatable bonds is 4. The number of nitrogens with zero attached hydrogens (tertiary/aromatic N) is 2. The van der Waals surface area contributed by atoms with Crippen molar-refractivity contribution < 1.29 is 4.39 Å². The van der Waals surface area contributed by atoms with Crippen molar-refractivity contribution in [3.05, 3.63) is 52.0 Å². The van der Waals surface area contributed by atoms with Gasteiger partial charge in [0, 0.05) is 10.9 Å². The first-order valence-corrected chi connectivity index (χ1v) is 6.98. The van der Waals surface area contributed by atoms with Gasteiger partial charge in [0.2, 0.25) is 0 Å². The van der Waals surface area contributed by atoms with Gasteiger partial charge in [-0.15, -0.1) is 11.3 Å². The van der Waals surface area contributed by atoms with Gasteiger partial charge in [0.15, 0.2) is 0 Å². The number of thiophene rings is 1. The van der Waals surface area contributed by atoms with Gasteiger partial charge >= 0.3 is 0 Å². The molecule has 0 aliphatic carbocycles. The van der Waals surface area contributed by atoms with Crippen LogP contribution in [0.4, 0.5) is 10.1 Å². The molecule has 0 bridgehead atoms. The molecular formula is C15H15FN2S. The Bertz CT molecular complexity index is 585. The predicted molar refractivity (Wildman–Crippen MR) is 76.8 cm³/mol. The van der Waals surface area contributed by atoms with E-state index in [2.05, 4.69) is 30.9 Å². The van der Waals surface area contributed by atoms with Crippen LogP contribution in [0.25, 0.3) is 0 Å². The molecule has 98 valence electrons. The summed E-state index contributed by atoms with van der Waals surface area (Å²) in [6, 6.07) is 10.8. The Morgan fingerprint density at radius 1 is 1.37 bits per heavy atom. The van der Waals surface area contributed by atoms with Crippen molar-refractivity contribution in [1.82, 2.24) is 0 Å². The largest absolute Gasteiger partial charge is 0.363 e. The molecule has 2 nitrogen and oxygen atoms in total. The number of hydrogen-bond donors (Lipinski definition) is 0. The SMILES string of the molecule is CC(C)N(Cc1cccs1)c1ccc(F)cc1C#N. The number of hydrogen-bond acceptors (Lipinski definition) is 3. The minimum Gasteiger partial charge on any atom is -0.363 e. The fraction of sp³-hybridized carbons (Fsp3) is 0.267. The smallest absolute Gasteiger partial charge is 0.124 e. The zero-order valence-electron chi connectivity index (χ0n) is 10.9. The topological polar surface area (TPSA) is 27.0 Å². The van der Waals surface area contributed by atoms with Gasteiger partial charge in [-0.2, -0.15) is 5.26 Å². The second-order valence-electron chi connectivity index (χ2n) is 4.57. The standard InChI is InChI=1S/C15H15FN2S/c1-11(2)18(10-14-4-3-7-19-14)15-6-5-13(16)8-12(15)9-17/h3-8,11H,10H2,1-2H3. The molecule has 0 aliphatic rings. The minimum atomic E-state index is -0.375. The molecule has 0 fully saturated rings. The molecule has 1 heterocycles. The van der Waals surface area contributed by atoms with Gasteiger partial charge in [-0.05, 0) is 43.5 Å². The summed E-state index contributed by atoms with van der Waals surface area (Å²) < 4.78 is 13.2. The first-order valence-electron chi connectivity index (χ1n) is 6.10. The molecule has 0 amide bonds. The van der Waals surface area contributed by atoms with E-state index in [0.29, 0.717) is 5.56 Å². The van der Waals surface area contributed by atoms with E-state index in [-0.39, 0.29) is 11.9 Å². The van der Waals surface area contributed by atoms with Crippen LogP contribution in [0.15, 0.2) is 35.7 Å². The Labute approximate surface area is 116 Å². The van der Waals surface area contributed by atoms with Crippen molar-refractivity contribution in [3.63, 3.8) is 0 Å². The van der Waals surface area contributed by atoms with E-state index >= 15 is 0 Å². The van der Waals surface area contributed by atoms with Gasteiger partial charge in [0.1, 0.15) is 11.9 Å². The molecule has 0 saturated heterocycles. The summed E-state index contributed by atoms with van der Waals surface area (Å²) in [4.78, 5) is 3.34. The van der Waals surface area contributed by atoms with Crippen LogP contribution in [-0.4, -0.2) is 6.04 Å². The first kappa shape index (κ1) is 13.6. The molecule has 0 N–H and O–H groups in total. The average molecular weight is 274 g/mol. The van der Waals surface area contributed by atoms with E-state index in [1.807, 2.05) is 11.4 Å². The van der Waals surface area contributed by atoms with E-state index in [4.69, 9.17) is 5.26 Å². The lowest BCUT2D eigenvalue weighted by molar-refractivity contribution is 0.625. The zero-order valence-corrected chi connectivity index (χ0v) is 11.7. The molecular weight excluding hydrogens is 259 g/mol. The second-order valence-corrected chi connectivity index (χ2v) is 5.61. The minimum absolute atomic E-state index is 0.236. The fourth-order valence-electron chi connectivity index (χ4n) is 1.96. The maximum absolute atomic E-state index is 13.2. The highest BCUT2D eigenvalue weighted by Crippen LogP contribution is 2.26. The lowest BCUT2D eigenvalue weighted by atomic mass is 10.1. The maximum atomic E-state index is 13.2. The van der Waals surface area contributed by atoms with Crippen molar-refractivity contribution in [2.45, 2.75) is 26.4 Å². The zero-order chi connectivity index (χ0) is 13.8. The number of anilines is 1. The third-order valence-corrected chi connectivity index (χ3v) is 3.78.